The van der Waals surface area contributed by atoms with Gasteiger partial charge in [-0.1, -0.05) is 37.1 Å². The fourth-order valence-electron chi connectivity index (χ4n) is 0.445. The van der Waals surface area contributed by atoms with Crippen LogP contribution in [0.4, 0.5) is 0 Å². The van der Waals surface area contributed by atoms with Crippen LogP contribution in [0.1, 0.15) is 20.8 Å². The first-order chi connectivity index (χ1) is 5.07. The third kappa shape index (κ3) is 4.79. The van der Waals surface area contributed by atoms with Gasteiger partial charge in [0.25, 0.3) is 0 Å². The van der Waals surface area contributed by atoms with Crippen LogP contribution >= 0.6 is 11.6 Å². The standard InChI is InChI=1S/C9H14ClN/c1-7(2)8(3)5-6-9(10)11-4/h5-7H,4H2,1-3H3/b8-5+,9-6-. The van der Waals surface area contributed by atoms with E-state index >= 15 is 0 Å². The summed E-state index contributed by atoms with van der Waals surface area (Å²) < 4.78 is 0. The summed E-state index contributed by atoms with van der Waals surface area (Å²) in [5.41, 5.74) is 1.28. The van der Waals surface area contributed by atoms with Crippen molar-refractivity contribution in [2.45, 2.75) is 20.8 Å². The van der Waals surface area contributed by atoms with Crippen molar-refractivity contribution in [3.63, 3.8) is 0 Å². The highest BCUT2D eigenvalue weighted by Gasteiger charge is 1.93. The number of nitrogens with zero attached hydrogens (tertiary/aromatic N) is 1. The van der Waals surface area contributed by atoms with E-state index in [-0.39, 0.29) is 0 Å². The maximum atomic E-state index is 5.60. The largest absolute Gasteiger partial charge is 0.252 e. The van der Waals surface area contributed by atoms with E-state index in [1.165, 1.54) is 5.57 Å². The van der Waals surface area contributed by atoms with Crippen LogP contribution in [-0.2, 0) is 0 Å². The van der Waals surface area contributed by atoms with Gasteiger partial charge in [-0.3, -0.25) is 4.99 Å². The molecule has 0 fully saturated rings. The molecule has 62 valence electrons. The third-order valence-electron chi connectivity index (χ3n) is 1.55. The van der Waals surface area contributed by atoms with Gasteiger partial charge in [-0.2, -0.15) is 0 Å². The maximum Gasteiger partial charge on any atom is 0.128 e. The summed E-state index contributed by atoms with van der Waals surface area (Å²) in [5.74, 6) is 0.556. The van der Waals surface area contributed by atoms with Gasteiger partial charge in [-0.25, -0.2) is 0 Å². The molecule has 0 heterocycles. The molecule has 0 spiro atoms. The van der Waals surface area contributed by atoms with E-state index in [2.05, 4.69) is 32.5 Å². The summed E-state index contributed by atoms with van der Waals surface area (Å²) in [7, 11) is 0. The van der Waals surface area contributed by atoms with Gasteiger partial charge in [0.05, 0.1) is 0 Å². The van der Waals surface area contributed by atoms with Gasteiger partial charge in [0.15, 0.2) is 0 Å². The van der Waals surface area contributed by atoms with Crippen LogP contribution in [0.5, 0.6) is 0 Å². The number of halogens is 1. The van der Waals surface area contributed by atoms with Crippen LogP contribution < -0.4 is 0 Å². The number of hydrogen-bond acceptors (Lipinski definition) is 1. The van der Waals surface area contributed by atoms with Crippen molar-refractivity contribution in [3.05, 3.63) is 22.9 Å². The Balaban J connectivity index is 4.22. The van der Waals surface area contributed by atoms with E-state index in [1.54, 1.807) is 6.08 Å². The Morgan fingerprint density at radius 3 is 2.36 bits per heavy atom. The van der Waals surface area contributed by atoms with E-state index in [0.29, 0.717) is 11.1 Å². The predicted molar refractivity (Wildman–Crippen MR) is 52.1 cm³/mol. The molecule has 0 aliphatic rings. The summed E-state index contributed by atoms with van der Waals surface area (Å²) >= 11 is 5.60. The second kappa shape index (κ2) is 5.14. The fourth-order valence-corrected chi connectivity index (χ4v) is 0.508. The van der Waals surface area contributed by atoms with Crippen LogP contribution in [0.25, 0.3) is 0 Å². The van der Waals surface area contributed by atoms with Gasteiger partial charge in [0.1, 0.15) is 5.16 Å². The lowest BCUT2D eigenvalue weighted by atomic mass is 10.1. The lowest BCUT2D eigenvalue weighted by molar-refractivity contribution is 0.769. The molecule has 0 saturated heterocycles. The summed E-state index contributed by atoms with van der Waals surface area (Å²) in [4.78, 5) is 3.55. The van der Waals surface area contributed by atoms with Crippen LogP contribution in [0.15, 0.2) is 27.9 Å². The first kappa shape index (κ1) is 10.4. The minimum atomic E-state index is 0.435. The summed E-state index contributed by atoms with van der Waals surface area (Å²) in [6, 6.07) is 0. The second-order valence-corrected chi connectivity index (χ2v) is 3.10. The number of rotatable bonds is 3. The summed E-state index contributed by atoms with van der Waals surface area (Å²) in [5, 5.41) is 0.435. The first-order valence-corrected chi connectivity index (χ1v) is 3.96. The van der Waals surface area contributed by atoms with Gasteiger partial charge < -0.3 is 0 Å². The van der Waals surface area contributed by atoms with Crippen LogP contribution in [-0.4, -0.2) is 6.72 Å². The number of allylic oxidation sites excluding steroid dienone is 3. The second-order valence-electron chi connectivity index (χ2n) is 2.71. The topological polar surface area (TPSA) is 12.4 Å². The van der Waals surface area contributed by atoms with E-state index in [0.717, 1.165) is 0 Å². The lowest BCUT2D eigenvalue weighted by Crippen LogP contribution is -1.86. The van der Waals surface area contributed by atoms with Crippen molar-refractivity contribution in [2.75, 3.05) is 0 Å². The quantitative estimate of drug-likeness (QED) is 0.351. The highest BCUT2D eigenvalue weighted by Crippen LogP contribution is 2.09. The Morgan fingerprint density at radius 2 is 2.00 bits per heavy atom. The zero-order valence-electron chi connectivity index (χ0n) is 7.26. The van der Waals surface area contributed by atoms with Gasteiger partial charge >= 0.3 is 0 Å². The molecule has 0 bridgehead atoms. The Bertz CT molecular complexity index is 190. The monoisotopic (exact) mass is 171 g/mol. The molecular weight excluding hydrogens is 158 g/mol. The average molecular weight is 172 g/mol. The highest BCUT2D eigenvalue weighted by atomic mass is 35.5. The normalized spacial score (nSPS) is 13.9. The molecule has 0 aliphatic carbocycles. The minimum absolute atomic E-state index is 0.435. The fraction of sp³-hybridized carbons (Fsp3) is 0.444. The molecule has 0 amide bonds. The predicted octanol–water partition coefficient (Wildman–Crippen LogP) is 3.37. The van der Waals surface area contributed by atoms with Gasteiger partial charge in [-0.05, 0) is 25.6 Å². The molecule has 0 aromatic rings. The highest BCUT2D eigenvalue weighted by molar-refractivity contribution is 6.29. The molecule has 0 radical (unpaired) electrons. The third-order valence-corrected chi connectivity index (χ3v) is 1.79. The molecule has 11 heavy (non-hydrogen) atoms. The Hall–Kier alpha value is -0.560. The number of aliphatic imine (C=N–C) groups is 1. The van der Waals surface area contributed by atoms with Crippen LogP contribution in [0, 0.1) is 5.92 Å². The van der Waals surface area contributed by atoms with E-state index < -0.39 is 0 Å². The first-order valence-electron chi connectivity index (χ1n) is 3.58. The zero-order valence-corrected chi connectivity index (χ0v) is 8.02. The molecule has 1 nitrogen and oxygen atoms in total. The molecule has 0 rings (SSSR count). The Morgan fingerprint density at radius 1 is 1.45 bits per heavy atom. The summed E-state index contributed by atoms with van der Waals surface area (Å²) in [6.45, 7) is 9.64. The smallest absolute Gasteiger partial charge is 0.128 e. The maximum absolute atomic E-state index is 5.60. The van der Waals surface area contributed by atoms with Crippen molar-refractivity contribution in [1.29, 1.82) is 0 Å². The van der Waals surface area contributed by atoms with Crippen molar-refractivity contribution in [2.24, 2.45) is 10.9 Å². The van der Waals surface area contributed by atoms with Crippen molar-refractivity contribution >= 4 is 18.3 Å². The molecule has 2 heteroatoms. The van der Waals surface area contributed by atoms with E-state index in [1.807, 2.05) is 6.08 Å². The molecule has 0 N–H and O–H groups in total. The molecule has 0 unspecified atom stereocenters. The Kier molecular flexibility index (Phi) is 4.88. The van der Waals surface area contributed by atoms with Crippen molar-refractivity contribution in [3.8, 4) is 0 Å². The van der Waals surface area contributed by atoms with Crippen LogP contribution in [0.2, 0.25) is 0 Å². The van der Waals surface area contributed by atoms with Crippen molar-refractivity contribution < 1.29 is 0 Å². The molecule has 0 atom stereocenters. The lowest BCUT2D eigenvalue weighted by Gasteiger charge is -2.01. The minimum Gasteiger partial charge on any atom is -0.252 e. The van der Waals surface area contributed by atoms with Gasteiger partial charge in [-0.15, -0.1) is 0 Å². The zero-order chi connectivity index (χ0) is 8.85. The van der Waals surface area contributed by atoms with Crippen LogP contribution in [0.3, 0.4) is 0 Å². The molecule has 0 aliphatic heterocycles. The van der Waals surface area contributed by atoms with E-state index in [9.17, 15) is 0 Å². The van der Waals surface area contributed by atoms with Gasteiger partial charge in [0.2, 0.25) is 0 Å². The molecule has 0 aromatic carbocycles. The molecular formula is C9H14ClN. The van der Waals surface area contributed by atoms with Gasteiger partial charge in [0, 0.05) is 0 Å². The SMILES string of the molecule is C=N/C(Cl)=C\C=C(/C)C(C)C. The van der Waals surface area contributed by atoms with Crippen molar-refractivity contribution in [1.82, 2.24) is 0 Å². The average Bonchev–Trinajstić information content (AvgIpc) is 1.99. The summed E-state index contributed by atoms with van der Waals surface area (Å²) in [6.07, 6.45) is 3.71. The van der Waals surface area contributed by atoms with E-state index in [4.69, 9.17) is 11.6 Å². The molecule has 0 aromatic heterocycles. The molecule has 0 saturated carbocycles. The number of hydrogen-bond donors (Lipinski definition) is 0. The Labute approximate surface area is 73.5 Å².